The summed E-state index contributed by atoms with van der Waals surface area (Å²) in [6.07, 6.45) is 6.20. The van der Waals surface area contributed by atoms with Crippen molar-refractivity contribution in [3.63, 3.8) is 0 Å². The Labute approximate surface area is 118 Å². The van der Waals surface area contributed by atoms with Crippen LogP contribution < -0.4 is 15.4 Å². The van der Waals surface area contributed by atoms with E-state index in [1.54, 1.807) is 25.7 Å². The Morgan fingerprint density at radius 1 is 1.20 bits per heavy atom. The molecule has 106 valence electrons. The molecule has 0 amide bonds. The lowest BCUT2D eigenvalue weighted by Crippen LogP contribution is -2.06. The van der Waals surface area contributed by atoms with Gasteiger partial charge in [0.05, 0.1) is 19.5 Å². The molecular formula is C14H19N5O. The van der Waals surface area contributed by atoms with Crippen molar-refractivity contribution in [2.75, 3.05) is 24.3 Å². The Hall–Kier alpha value is -2.37. The molecule has 6 heteroatoms. The Kier molecular flexibility index (Phi) is 5.11. The molecule has 0 spiro atoms. The fourth-order valence-electron chi connectivity index (χ4n) is 1.65. The molecule has 2 aromatic rings. The summed E-state index contributed by atoms with van der Waals surface area (Å²) >= 11 is 0. The van der Waals surface area contributed by atoms with Crippen molar-refractivity contribution in [1.82, 2.24) is 15.0 Å². The van der Waals surface area contributed by atoms with Crippen LogP contribution in [0.4, 0.5) is 11.6 Å². The van der Waals surface area contributed by atoms with Crippen molar-refractivity contribution < 1.29 is 4.74 Å². The third-order valence-corrected chi connectivity index (χ3v) is 2.67. The third kappa shape index (κ3) is 4.08. The number of anilines is 2. The SMILES string of the molecule is CCCNc1cncc(NCc2ccnc(OC)c2)n1. The Morgan fingerprint density at radius 2 is 2.00 bits per heavy atom. The highest BCUT2D eigenvalue weighted by Crippen LogP contribution is 2.11. The van der Waals surface area contributed by atoms with Gasteiger partial charge in [0.1, 0.15) is 11.6 Å². The number of hydrogen-bond donors (Lipinski definition) is 2. The third-order valence-electron chi connectivity index (χ3n) is 2.67. The van der Waals surface area contributed by atoms with Crippen molar-refractivity contribution in [2.45, 2.75) is 19.9 Å². The molecule has 0 radical (unpaired) electrons. The topological polar surface area (TPSA) is 72.0 Å². The lowest BCUT2D eigenvalue weighted by molar-refractivity contribution is 0.397. The van der Waals surface area contributed by atoms with E-state index in [4.69, 9.17) is 4.74 Å². The van der Waals surface area contributed by atoms with Crippen molar-refractivity contribution in [3.8, 4) is 5.88 Å². The summed E-state index contributed by atoms with van der Waals surface area (Å²) in [6.45, 7) is 3.64. The number of nitrogens with zero attached hydrogens (tertiary/aromatic N) is 3. The average molecular weight is 273 g/mol. The van der Waals surface area contributed by atoms with Crippen LogP contribution >= 0.6 is 0 Å². The highest BCUT2D eigenvalue weighted by atomic mass is 16.5. The van der Waals surface area contributed by atoms with Crippen LogP contribution in [0.25, 0.3) is 0 Å². The van der Waals surface area contributed by atoms with Crippen molar-refractivity contribution in [3.05, 3.63) is 36.3 Å². The first kappa shape index (κ1) is 14.0. The number of rotatable bonds is 7. The number of aromatic nitrogens is 3. The fourth-order valence-corrected chi connectivity index (χ4v) is 1.65. The maximum Gasteiger partial charge on any atom is 0.213 e. The maximum atomic E-state index is 5.09. The van der Waals surface area contributed by atoms with Crippen LogP contribution in [0.3, 0.4) is 0 Å². The van der Waals surface area contributed by atoms with E-state index < -0.39 is 0 Å². The van der Waals surface area contributed by atoms with E-state index in [1.165, 1.54) is 0 Å². The molecule has 0 aliphatic carbocycles. The summed E-state index contributed by atoms with van der Waals surface area (Å²) in [5, 5.41) is 6.44. The smallest absolute Gasteiger partial charge is 0.213 e. The summed E-state index contributed by atoms with van der Waals surface area (Å²) in [6, 6.07) is 3.82. The van der Waals surface area contributed by atoms with Crippen LogP contribution in [-0.4, -0.2) is 28.6 Å². The van der Waals surface area contributed by atoms with Gasteiger partial charge in [0, 0.05) is 25.4 Å². The normalized spacial score (nSPS) is 10.1. The molecule has 2 aromatic heterocycles. The van der Waals surface area contributed by atoms with Gasteiger partial charge in [-0.3, -0.25) is 4.98 Å². The molecule has 0 unspecified atom stereocenters. The van der Waals surface area contributed by atoms with Crippen LogP contribution in [0.1, 0.15) is 18.9 Å². The van der Waals surface area contributed by atoms with Crippen molar-refractivity contribution in [2.24, 2.45) is 0 Å². The van der Waals surface area contributed by atoms with Gasteiger partial charge in [-0.25, -0.2) is 9.97 Å². The number of ether oxygens (including phenoxy) is 1. The van der Waals surface area contributed by atoms with Gasteiger partial charge in [-0.05, 0) is 18.1 Å². The molecule has 0 saturated carbocycles. The number of nitrogens with one attached hydrogen (secondary N) is 2. The van der Waals surface area contributed by atoms with Crippen LogP contribution in [0.15, 0.2) is 30.7 Å². The molecule has 0 bridgehead atoms. The minimum atomic E-state index is 0.605. The Bertz CT molecular complexity index is 547. The molecule has 20 heavy (non-hydrogen) atoms. The van der Waals surface area contributed by atoms with E-state index in [2.05, 4.69) is 32.5 Å². The first-order valence-electron chi connectivity index (χ1n) is 6.60. The van der Waals surface area contributed by atoms with E-state index in [0.717, 1.165) is 30.2 Å². The molecule has 0 aliphatic rings. The van der Waals surface area contributed by atoms with Crippen LogP contribution in [0, 0.1) is 0 Å². The maximum absolute atomic E-state index is 5.09. The van der Waals surface area contributed by atoms with Gasteiger partial charge in [-0.2, -0.15) is 0 Å². The molecule has 0 aromatic carbocycles. The first-order chi connectivity index (χ1) is 9.81. The zero-order valence-electron chi connectivity index (χ0n) is 11.8. The largest absolute Gasteiger partial charge is 0.481 e. The second-order valence-electron chi connectivity index (χ2n) is 4.28. The van der Waals surface area contributed by atoms with E-state index >= 15 is 0 Å². The quantitative estimate of drug-likeness (QED) is 0.806. The molecule has 2 heterocycles. The molecule has 2 rings (SSSR count). The zero-order chi connectivity index (χ0) is 14.2. The molecule has 2 N–H and O–H groups in total. The lowest BCUT2D eigenvalue weighted by Gasteiger charge is -2.08. The predicted molar refractivity (Wildman–Crippen MR) is 78.9 cm³/mol. The standard InChI is InChI=1S/C14H19N5O/c1-3-5-16-12-9-15-10-13(19-12)18-8-11-4-6-17-14(7-11)20-2/h4,6-7,9-10H,3,5,8H2,1-2H3,(H2,16,18,19). The fraction of sp³-hybridized carbons (Fsp3) is 0.357. The lowest BCUT2D eigenvalue weighted by atomic mass is 10.2. The summed E-state index contributed by atoms with van der Waals surface area (Å²) in [4.78, 5) is 12.7. The van der Waals surface area contributed by atoms with E-state index in [-0.39, 0.29) is 0 Å². The molecule has 0 atom stereocenters. The van der Waals surface area contributed by atoms with Crippen LogP contribution in [-0.2, 0) is 6.54 Å². The van der Waals surface area contributed by atoms with E-state index in [0.29, 0.717) is 12.4 Å². The van der Waals surface area contributed by atoms with Gasteiger partial charge in [0.2, 0.25) is 5.88 Å². The first-order valence-corrected chi connectivity index (χ1v) is 6.60. The van der Waals surface area contributed by atoms with Crippen molar-refractivity contribution in [1.29, 1.82) is 0 Å². The monoisotopic (exact) mass is 273 g/mol. The predicted octanol–water partition coefficient (Wildman–Crippen LogP) is 2.31. The molecule has 0 fully saturated rings. The second-order valence-corrected chi connectivity index (χ2v) is 4.28. The van der Waals surface area contributed by atoms with Gasteiger partial charge >= 0.3 is 0 Å². The molecule has 0 aliphatic heterocycles. The van der Waals surface area contributed by atoms with Gasteiger partial charge < -0.3 is 15.4 Å². The van der Waals surface area contributed by atoms with E-state index in [9.17, 15) is 0 Å². The van der Waals surface area contributed by atoms with Crippen LogP contribution in [0.5, 0.6) is 5.88 Å². The number of pyridine rings is 1. The highest BCUT2D eigenvalue weighted by molar-refractivity contribution is 5.42. The summed E-state index contributed by atoms with van der Waals surface area (Å²) in [7, 11) is 1.61. The van der Waals surface area contributed by atoms with Crippen LogP contribution in [0.2, 0.25) is 0 Å². The van der Waals surface area contributed by atoms with E-state index in [1.807, 2.05) is 12.1 Å². The van der Waals surface area contributed by atoms with Gasteiger partial charge in [-0.15, -0.1) is 0 Å². The number of methoxy groups -OCH3 is 1. The molecule has 0 saturated heterocycles. The van der Waals surface area contributed by atoms with Gasteiger partial charge in [0.25, 0.3) is 0 Å². The minimum Gasteiger partial charge on any atom is -0.481 e. The van der Waals surface area contributed by atoms with Crippen molar-refractivity contribution >= 4 is 11.6 Å². The Morgan fingerprint density at radius 3 is 2.75 bits per heavy atom. The molecule has 6 nitrogen and oxygen atoms in total. The van der Waals surface area contributed by atoms with Gasteiger partial charge in [0.15, 0.2) is 0 Å². The van der Waals surface area contributed by atoms with Gasteiger partial charge in [-0.1, -0.05) is 6.92 Å². The average Bonchev–Trinajstić information content (AvgIpc) is 2.51. The minimum absolute atomic E-state index is 0.605. The number of hydrogen-bond acceptors (Lipinski definition) is 6. The molecular weight excluding hydrogens is 254 g/mol. The second kappa shape index (κ2) is 7.28. The summed E-state index contributed by atoms with van der Waals surface area (Å²) in [5.41, 5.74) is 1.07. The Balaban J connectivity index is 1.95. The zero-order valence-corrected chi connectivity index (χ0v) is 11.8. The summed E-state index contributed by atoms with van der Waals surface area (Å²) < 4.78 is 5.09. The highest BCUT2D eigenvalue weighted by Gasteiger charge is 2.00. The summed E-state index contributed by atoms with van der Waals surface area (Å²) in [5.74, 6) is 2.12.